The lowest BCUT2D eigenvalue weighted by Crippen LogP contribution is -2.29. The minimum absolute atomic E-state index is 0.149. The van der Waals surface area contributed by atoms with E-state index in [0.717, 1.165) is 6.42 Å². The van der Waals surface area contributed by atoms with Gasteiger partial charge < -0.3 is 20.8 Å². The molecular weight excluding hydrogens is 316 g/mol. The van der Waals surface area contributed by atoms with Crippen molar-refractivity contribution in [3.63, 3.8) is 0 Å². The summed E-state index contributed by atoms with van der Waals surface area (Å²) < 4.78 is 5.34. The molecule has 7 heteroatoms. The maximum atomic E-state index is 12.2. The quantitative estimate of drug-likeness (QED) is 0.591. The van der Waals surface area contributed by atoms with E-state index in [1.165, 1.54) is 0 Å². The highest BCUT2D eigenvalue weighted by atomic mass is 35.5. The van der Waals surface area contributed by atoms with E-state index >= 15 is 0 Å². The van der Waals surface area contributed by atoms with Crippen molar-refractivity contribution in [2.45, 2.75) is 12.5 Å². The van der Waals surface area contributed by atoms with E-state index in [1.54, 1.807) is 36.5 Å². The third kappa shape index (κ3) is 3.72. The molecule has 1 atom stereocenters. The number of benzene rings is 1. The van der Waals surface area contributed by atoms with Crippen LogP contribution in [0.3, 0.4) is 0 Å². The number of ether oxygens (including phenoxy) is 1. The van der Waals surface area contributed by atoms with Gasteiger partial charge in [-0.1, -0.05) is 11.6 Å². The summed E-state index contributed by atoms with van der Waals surface area (Å²) >= 11 is 5.85. The maximum absolute atomic E-state index is 12.2. The zero-order valence-electron chi connectivity index (χ0n) is 12.4. The predicted molar refractivity (Wildman–Crippen MR) is 91.7 cm³/mol. The smallest absolute Gasteiger partial charge is 0.261 e. The molecule has 2 aromatic rings. The number of anilines is 1. The number of halogens is 1. The lowest BCUT2D eigenvalue weighted by molar-refractivity contribution is 0.195. The number of rotatable bonds is 4. The second kappa shape index (κ2) is 6.85. The molecule has 6 nitrogen and oxygen atoms in total. The van der Waals surface area contributed by atoms with Crippen LogP contribution in [0.2, 0.25) is 5.02 Å². The molecule has 4 N–H and O–H groups in total. The number of aromatic amines is 1. The lowest BCUT2D eigenvalue weighted by Gasteiger charge is -2.15. The topological polar surface area (TPSA) is 92.5 Å². The summed E-state index contributed by atoms with van der Waals surface area (Å²) in [5.74, 6) is 0.149. The SMILES string of the molecule is NC(=Nc1ccc(Cl)cc1)c1c(N[C@@H]2CCOC2)cc[nH]c1=O. The molecule has 23 heavy (non-hydrogen) atoms. The third-order valence-electron chi connectivity index (χ3n) is 3.58. The third-order valence-corrected chi connectivity index (χ3v) is 3.83. The number of pyridine rings is 1. The molecule has 1 fully saturated rings. The number of hydrogen-bond acceptors (Lipinski definition) is 4. The van der Waals surface area contributed by atoms with Crippen LogP contribution >= 0.6 is 11.6 Å². The summed E-state index contributed by atoms with van der Waals surface area (Å²) in [4.78, 5) is 19.1. The highest BCUT2D eigenvalue weighted by Gasteiger charge is 2.19. The van der Waals surface area contributed by atoms with E-state index in [9.17, 15) is 4.79 Å². The average Bonchev–Trinajstić information content (AvgIpc) is 3.02. The van der Waals surface area contributed by atoms with Crippen molar-refractivity contribution in [3.8, 4) is 0 Å². The Morgan fingerprint density at radius 1 is 1.35 bits per heavy atom. The number of hydrogen-bond donors (Lipinski definition) is 3. The number of amidine groups is 1. The van der Waals surface area contributed by atoms with Gasteiger partial charge in [0.05, 0.1) is 24.0 Å². The lowest BCUT2D eigenvalue weighted by atomic mass is 10.1. The number of aliphatic imine (C=N–C) groups is 1. The first-order chi connectivity index (χ1) is 11.1. The Morgan fingerprint density at radius 3 is 2.83 bits per heavy atom. The monoisotopic (exact) mass is 332 g/mol. The molecule has 1 saturated heterocycles. The molecule has 1 aliphatic rings. The number of nitrogens with zero attached hydrogens (tertiary/aromatic N) is 1. The molecule has 0 radical (unpaired) electrons. The van der Waals surface area contributed by atoms with Gasteiger partial charge in [-0.2, -0.15) is 0 Å². The summed E-state index contributed by atoms with van der Waals surface area (Å²) in [7, 11) is 0. The van der Waals surface area contributed by atoms with E-state index in [2.05, 4.69) is 15.3 Å². The normalized spacial score (nSPS) is 18.1. The summed E-state index contributed by atoms with van der Waals surface area (Å²) in [6, 6.07) is 8.86. The van der Waals surface area contributed by atoms with Gasteiger partial charge in [-0.3, -0.25) is 4.79 Å². The molecule has 0 bridgehead atoms. The standard InChI is InChI=1S/C16H17ClN4O2/c17-10-1-3-11(4-2-10)21-15(18)14-13(5-7-19-16(14)22)20-12-6-8-23-9-12/h1-5,7,12H,6,8-9H2,(H2,18,21)(H2,19,20,22)/t12-/m1/s1. The number of nitrogens with one attached hydrogen (secondary N) is 2. The summed E-state index contributed by atoms with van der Waals surface area (Å²) in [5.41, 5.74) is 7.39. The molecule has 3 rings (SSSR count). The van der Waals surface area contributed by atoms with Gasteiger partial charge in [0, 0.05) is 17.8 Å². The fourth-order valence-corrected chi connectivity index (χ4v) is 2.56. The van der Waals surface area contributed by atoms with Crippen LogP contribution in [0.25, 0.3) is 0 Å². The molecule has 1 aromatic carbocycles. The van der Waals surface area contributed by atoms with Crippen LogP contribution in [0.5, 0.6) is 0 Å². The molecule has 1 aliphatic heterocycles. The fraction of sp³-hybridized carbons (Fsp3) is 0.250. The van der Waals surface area contributed by atoms with Crippen LogP contribution in [0, 0.1) is 0 Å². The zero-order valence-corrected chi connectivity index (χ0v) is 13.1. The maximum Gasteiger partial charge on any atom is 0.261 e. The molecule has 0 unspecified atom stereocenters. The molecule has 2 heterocycles. The van der Waals surface area contributed by atoms with Gasteiger partial charge in [0.1, 0.15) is 11.4 Å². The molecule has 0 saturated carbocycles. The van der Waals surface area contributed by atoms with E-state index in [-0.39, 0.29) is 17.4 Å². The molecular formula is C16H17ClN4O2. The second-order valence-electron chi connectivity index (χ2n) is 5.27. The first kappa shape index (κ1) is 15.6. The first-order valence-corrected chi connectivity index (χ1v) is 7.67. The van der Waals surface area contributed by atoms with Gasteiger partial charge in [0.2, 0.25) is 0 Å². The Labute approximate surface area is 138 Å². The summed E-state index contributed by atoms with van der Waals surface area (Å²) in [6.45, 7) is 1.32. The van der Waals surface area contributed by atoms with Crippen LogP contribution in [0.1, 0.15) is 12.0 Å². The van der Waals surface area contributed by atoms with Crippen molar-refractivity contribution in [3.05, 3.63) is 57.5 Å². The number of aromatic nitrogens is 1. The summed E-state index contributed by atoms with van der Waals surface area (Å²) in [6.07, 6.45) is 2.47. The van der Waals surface area contributed by atoms with Crippen molar-refractivity contribution in [2.24, 2.45) is 10.7 Å². The van der Waals surface area contributed by atoms with Gasteiger partial charge in [-0.25, -0.2) is 4.99 Å². The molecule has 0 spiro atoms. The Balaban J connectivity index is 1.93. The molecule has 120 valence electrons. The van der Waals surface area contributed by atoms with Gasteiger partial charge in [0.15, 0.2) is 0 Å². The highest BCUT2D eigenvalue weighted by molar-refractivity contribution is 6.30. The van der Waals surface area contributed by atoms with Crippen LogP contribution in [-0.4, -0.2) is 30.1 Å². The fourth-order valence-electron chi connectivity index (χ4n) is 2.43. The number of H-pyrrole nitrogens is 1. The molecule has 0 amide bonds. The van der Waals surface area contributed by atoms with Gasteiger partial charge in [-0.15, -0.1) is 0 Å². The van der Waals surface area contributed by atoms with Crippen LogP contribution in [0.4, 0.5) is 11.4 Å². The average molecular weight is 333 g/mol. The van der Waals surface area contributed by atoms with Crippen molar-refractivity contribution in [2.75, 3.05) is 18.5 Å². The van der Waals surface area contributed by atoms with Gasteiger partial charge >= 0.3 is 0 Å². The van der Waals surface area contributed by atoms with E-state index in [0.29, 0.717) is 35.2 Å². The molecule has 0 aliphatic carbocycles. The Morgan fingerprint density at radius 2 is 2.13 bits per heavy atom. The zero-order chi connectivity index (χ0) is 16.2. The Kier molecular flexibility index (Phi) is 4.64. The van der Waals surface area contributed by atoms with Crippen molar-refractivity contribution < 1.29 is 4.74 Å². The van der Waals surface area contributed by atoms with Crippen LogP contribution in [-0.2, 0) is 4.74 Å². The minimum Gasteiger partial charge on any atom is -0.383 e. The minimum atomic E-state index is -0.288. The number of nitrogens with two attached hydrogens (primary N) is 1. The predicted octanol–water partition coefficient (Wildman–Crippen LogP) is 2.27. The van der Waals surface area contributed by atoms with Crippen molar-refractivity contribution in [1.82, 2.24) is 4.98 Å². The van der Waals surface area contributed by atoms with Crippen molar-refractivity contribution in [1.29, 1.82) is 0 Å². The first-order valence-electron chi connectivity index (χ1n) is 7.29. The van der Waals surface area contributed by atoms with E-state index < -0.39 is 0 Å². The van der Waals surface area contributed by atoms with Gasteiger partial charge in [0.25, 0.3) is 5.56 Å². The summed E-state index contributed by atoms with van der Waals surface area (Å²) in [5, 5.41) is 3.91. The molecule has 1 aromatic heterocycles. The van der Waals surface area contributed by atoms with Gasteiger partial charge in [-0.05, 0) is 36.8 Å². The Bertz CT molecular complexity index is 764. The van der Waals surface area contributed by atoms with Crippen LogP contribution in [0.15, 0.2) is 46.3 Å². The Hall–Kier alpha value is -2.31. The van der Waals surface area contributed by atoms with E-state index in [1.807, 2.05) is 0 Å². The van der Waals surface area contributed by atoms with Crippen molar-refractivity contribution >= 4 is 28.8 Å². The highest BCUT2D eigenvalue weighted by Crippen LogP contribution is 2.19. The largest absolute Gasteiger partial charge is 0.383 e. The van der Waals surface area contributed by atoms with Crippen LogP contribution < -0.4 is 16.6 Å². The van der Waals surface area contributed by atoms with E-state index in [4.69, 9.17) is 22.1 Å². The second-order valence-corrected chi connectivity index (χ2v) is 5.71.